The van der Waals surface area contributed by atoms with Crippen LogP contribution in [0, 0.1) is 18.3 Å². The molecule has 2 aromatic heterocycles. The lowest BCUT2D eigenvalue weighted by atomic mass is 10.4. The lowest BCUT2D eigenvalue weighted by molar-refractivity contribution is 0.534. The molecule has 0 aromatic carbocycles. The maximum Gasteiger partial charge on any atom is 0.329 e. The minimum Gasteiger partial charge on any atom is -0.408 e. The SMILES string of the molecule is Cc1nnc(NS(=O)(=O)c2ccc(C#N)nc2)o1. The zero-order valence-corrected chi connectivity index (χ0v) is 9.97. The van der Waals surface area contributed by atoms with Crippen LogP contribution in [0.15, 0.2) is 27.6 Å². The Morgan fingerprint density at radius 1 is 1.39 bits per heavy atom. The highest BCUT2D eigenvalue weighted by Crippen LogP contribution is 2.13. The highest BCUT2D eigenvalue weighted by atomic mass is 32.2. The molecule has 0 aliphatic carbocycles. The molecule has 2 heterocycles. The van der Waals surface area contributed by atoms with Gasteiger partial charge in [-0.05, 0) is 12.1 Å². The van der Waals surface area contributed by atoms with E-state index in [2.05, 4.69) is 19.9 Å². The summed E-state index contributed by atoms with van der Waals surface area (Å²) in [6.45, 7) is 1.54. The third-order valence-corrected chi connectivity index (χ3v) is 3.21. The monoisotopic (exact) mass is 265 g/mol. The lowest BCUT2D eigenvalue weighted by Gasteiger charge is -2.02. The van der Waals surface area contributed by atoms with E-state index in [1.54, 1.807) is 6.07 Å². The van der Waals surface area contributed by atoms with Crippen molar-refractivity contribution in [3.63, 3.8) is 0 Å². The largest absolute Gasteiger partial charge is 0.408 e. The fourth-order valence-corrected chi connectivity index (χ4v) is 1.99. The molecule has 1 N–H and O–H groups in total. The van der Waals surface area contributed by atoms with E-state index in [0.29, 0.717) is 0 Å². The standard InChI is InChI=1S/C9H7N5O3S/c1-6-12-13-9(17-6)14-18(15,16)8-3-2-7(4-10)11-5-8/h2-3,5H,1H3,(H,13,14). The molecule has 0 aliphatic heterocycles. The van der Waals surface area contributed by atoms with Crippen molar-refractivity contribution < 1.29 is 12.8 Å². The number of aromatic nitrogens is 3. The fourth-order valence-electron chi connectivity index (χ4n) is 1.12. The highest BCUT2D eigenvalue weighted by molar-refractivity contribution is 7.92. The number of nitrogens with one attached hydrogen (secondary N) is 1. The summed E-state index contributed by atoms with van der Waals surface area (Å²) in [5.41, 5.74) is 0.127. The van der Waals surface area contributed by atoms with Crippen molar-refractivity contribution in [2.75, 3.05) is 4.72 Å². The Morgan fingerprint density at radius 2 is 2.17 bits per heavy atom. The molecular weight excluding hydrogens is 258 g/mol. The average Bonchev–Trinajstić information content (AvgIpc) is 2.74. The molecular formula is C9H7N5O3S. The predicted molar refractivity (Wildman–Crippen MR) is 58.8 cm³/mol. The first-order valence-corrected chi connectivity index (χ1v) is 6.18. The Labute approximate surface area is 102 Å². The van der Waals surface area contributed by atoms with Gasteiger partial charge in [-0.1, -0.05) is 5.10 Å². The number of hydrogen-bond donors (Lipinski definition) is 1. The Balaban J connectivity index is 2.28. The van der Waals surface area contributed by atoms with Crippen molar-refractivity contribution >= 4 is 16.0 Å². The number of nitrogens with zero attached hydrogens (tertiary/aromatic N) is 4. The van der Waals surface area contributed by atoms with Gasteiger partial charge in [-0.15, -0.1) is 5.10 Å². The Morgan fingerprint density at radius 3 is 2.67 bits per heavy atom. The summed E-state index contributed by atoms with van der Waals surface area (Å²) in [6, 6.07) is 4.13. The van der Waals surface area contributed by atoms with Crippen molar-refractivity contribution in [2.24, 2.45) is 0 Å². The topological polar surface area (TPSA) is 122 Å². The summed E-state index contributed by atoms with van der Waals surface area (Å²) in [5, 5.41) is 15.6. The first-order chi connectivity index (χ1) is 8.51. The number of hydrogen-bond acceptors (Lipinski definition) is 7. The quantitative estimate of drug-likeness (QED) is 0.854. The van der Waals surface area contributed by atoms with Gasteiger partial charge in [0.15, 0.2) is 0 Å². The normalized spacial score (nSPS) is 10.9. The van der Waals surface area contributed by atoms with Crippen LogP contribution in [0.1, 0.15) is 11.6 Å². The maximum atomic E-state index is 11.8. The zero-order chi connectivity index (χ0) is 13.2. The number of anilines is 1. The second kappa shape index (κ2) is 4.42. The van der Waals surface area contributed by atoms with Crippen LogP contribution >= 0.6 is 0 Å². The Kier molecular flexibility index (Phi) is 2.95. The molecule has 2 aromatic rings. The summed E-state index contributed by atoms with van der Waals surface area (Å²) < 4.78 is 30.7. The van der Waals surface area contributed by atoms with E-state index in [1.807, 2.05) is 0 Å². The Hall–Kier alpha value is -2.47. The predicted octanol–water partition coefficient (Wildman–Crippen LogP) is 0.445. The van der Waals surface area contributed by atoms with Crippen LogP contribution in [0.3, 0.4) is 0 Å². The van der Waals surface area contributed by atoms with Gasteiger partial charge >= 0.3 is 6.01 Å². The minimum atomic E-state index is -3.84. The van der Waals surface area contributed by atoms with E-state index in [-0.39, 0.29) is 22.5 Å². The van der Waals surface area contributed by atoms with Gasteiger partial charge < -0.3 is 4.42 Å². The van der Waals surface area contributed by atoms with Gasteiger partial charge in [0, 0.05) is 13.1 Å². The van der Waals surface area contributed by atoms with Crippen molar-refractivity contribution in [1.29, 1.82) is 5.26 Å². The molecule has 0 aliphatic rings. The molecule has 0 unspecified atom stereocenters. The minimum absolute atomic E-state index is 0.0997. The molecule has 0 amide bonds. The summed E-state index contributed by atoms with van der Waals surface area (Å²) in [5.74, 6) is 0.241. The third kappa shape index (κ3) is 2.44. The van der Waals surface area contributed by atoms with Gasteiger partial charge in [-0.25, -0.2) is 18.1 Å². The number of pyridine rings is 1. The van der Waals surface area contributed by atoms with Gasteiger partial charge in [0.05, 0.1) is 0 Å². The van der Waals surface area contributed by atoms with Crippen LogP contribution in [-0.2, 0) is 10.0 Å². The Bertz CT molecular complexity index is 699. The van der Waals surface area contributed by atoms with Gasteiger partial charge in [0.25, 0.3) is 10.0 Å². The third-order valence-electron chi connectivity index (χ3n) is 1.91. The van der Waals surface area contributed by atoms with E-state index >= 15 is 0 Å². The molecule has 18 heavy (non-hydrogen) atoms. The fraction of sp³-hybridized carbons (Fsp3) is 0.111. The van der Waals surface area contributed by atoms with Gasteiger partial charge in [-0.3, -0.25) is 0 Å². The maximum absolute atomic E-state index is 11.8. The van der Waals surface area contributed by atoms with Crippen molar-refractivity contribution in [3.05, 3.63) is 29.9 Å². The number of aryl methyl sites for hydroxylation is 1. The molecule has 0 atom stereocenters. The van der Waals surface area contributed by atoms with Crippen LogP contribution in [0.2, 0.25) is 0 Å². The second-order valence-corrected chi connectivity index (χ2v) is 4.91. The average molecular weight is 265 g/mol. The molecule has 0 saturated carbocycles. The molecule has 2 rings (SSSR count). The molecule has 0 bridgehead atoms. The summed E-state index contributed by atoms with van der Waals surface area (Å²) in [4.78, 5) is 3.56. The highest BCUT2D eigenvalue weighted by Gasteiger charge is 2.17. The molecule has 0 saturated heterocycles. The molecule has 8 nitrogen and oxygen atoms in total. The zero-order valence-electron chi connectivity index (χ0n) is 9.15. The summed E-state index contributed by atoms with van der Waals surface area (Å²) in [6.07, 6.45) is 1.07. The second-order valence-electron chi connectivity index (χ2n) is 3.22. The van der Waals surface area contributed by atoms with Crippen molar-refractivity contribution in [3.8, 4) is 6.07 Å². The van der Waals surface area contributed by atoms with Crippen LogP contribution in [0.25, 0.3) is 0 Å². The molecule has 0 fully saturated rings. The number of nitriles is 1. The van der Waals surface area contributed by atoms with E-state index in [0.717, 1.165) is 6.20 Å². The lowest BCUT2D eigenvalue weighted by Crippen LogP contribution is -2.13. The van der Waals surface area contributed by atoms with Gasteiger partial charge in [-0.2, -0.15) is 5.26 Å². The molecule has 0 radical (unpaired) electrons. The molecule has 0 spiro atoms. The smallest absolute Gasteiger partial charge is 0.329 e. The summed E-state index contributed by atoms with van der Waals surface area (Å²) in [7, 11) is -3.84. The van der Waals surface area contributed by atoms with Crippen LogP contribution < -0.4 is 4.72 Å². The van der Waals surface area contributed by atoms with Gasteiger partial charge in [0.2, 0.25) is 5.89 Å². The van der Waals surface area contributed by atoms with Crippen LogP contribution in [0.4, 0.5) is 6.01 Å². The van der Waals surface area contributed by atoms with Crippen molar-refractivity contribution in [1.82, 2.24) is 15.2 Å². The van der Waals surface area contributed by atoms with E-state index in [1.165, 1.54) is 19.1 Å². The number of sulfonamides is 1. The van der Waals surface area contributed by atoms with Crippen LogP contribution in [-0.4, -0.2) is 23.6 Å². The first-order valence-electron chi connectivity index (χ1n) is 4.70. The van der Waals surface area contributed by atoms with E-state index < -0.39 is 10.0 Å². The van der Waals surface area contributed by atoms with E-state index in [9.17, 15) is 8.42 Å². The van der Waals surface area contributed by atoms with Gasteiger partial charge in [0.1, 0.15) is 16.7 Å². The molecule has 9 heteroatoms. The first kappa shape index (κ1) is 12.0. The van der Waals surface area contributed by atoms with Crippen molar-refractivity contribution in [2.45, 2.75) is 11.8 Å². The summed E-state index contributed by atoms with van der Waals surface area (Å²) >= 11 is 0. The van der Waals surface area contributed by atoms with Crippen LogP contribution in [0.5, 0.6) is 0 Å². The van der Waals surface area contributed by atoms with E-state index in [4.69, 9.17) is 9.68 Å². The molecule has 92 valence electrons. The number of rotatable bonds is 3.